The summed E-state index contributed by atoms with van der Waals surface area (Å²) in [5, 5.41) is 2.20. The highest BCUT2D eigenvalue weighted by molar-refractivity contribution is 6.04. The number of rotatable bonds is 0. The predicted molar refractivity (Wildman–Crippen MR) is 55.8 cm³/mol. The van der Waals surface area contributed by atoms with E-state index < -0.39 is 11.7 Å². The molecule has 1 aliphatic carbocycles. The van der Waals surface area contributed by atoms with Crippen molar-refractivity contribution in [2.45, 2.75) is 25.4 Å². The van der Waals surface area contributed by atoms with Crippen molar-refractivity contribution in [2.24, 2.45) is 0 Å². The minimum atomic E-state index is -1.06. The van der Waals surface area contributed by atoms with Gasteiger partial charge in [0.15, 0.2) is 0 Å². The minimum Gasteiger partial charge on any atom is -0.427 e. The van der Waals surface area contributed by atoms with E-state index in [9.17, 15) is 9.59 Å². The molecule has 2 aliphatic rings. The average molecular weight is 217 g/mol. The van der Waals surface area contributed by atoms with E-state index in [0.717, 1.165) is 23.1 Å². The third kappa shape index (κ3) is 1.04. The first-order chi connectivity index (χ1) is 7.62. The number of aryl methyl sites for hydroxylation is 2. The number of ether oxygens (including phenoxy) is 1. The topological polar surface area (TPSA) is 55.4 Å². The Morgan fingerprint density at radius 2 is 2.19 bits per heavy atom. The van der Waals surface area contributed by atoms with Crippen LogP contribution < -0.4 is 5.32 Å². The normalized spacial score (nSPS) is 26.8. The molecule has 82 valence electrons. The Kier molecular flexibility index (Phi) is 1.67. The third-order valence-corrected chi connectivity index (χ3v) is 3.29. The second-order valence-electron chi connectivity index (χ2n) is 4.33. The molecule has 0 saturated carbocycles. The van der Waals surface area contributed by atoms with Gasteiger partial charge in [-0.05, 0) is 18.9 Å². The molecule has 0 aromatic heterocycles. The Morgan fingerprint density at radius 3 is 2.88 bits per heavy atom. The molecule has 1 N–H and O–H groups in total. The molecule has 1 heterocycles. The fourth-order valence-electron chi connectivity index (χ4n) is 2.53. The highest BCUT2D eigenvalue weighted by atomic mass is 16.6. The molecule has 1 aromatic rings. The Labute approximate surface area is 92.6 Å². The molecule has 4 nitrogen and oxygen atoms in total. The van der Waals surface area contributed by atoms with Crippen LogP contribution in [0, 0.1) is 6.92 Å². The van der Waals surface area contributed by atoms with Crippen LogP contribution >= 0.6 is 0 Å². The summed E-state index contributed by atoms with van der Waals surface area (Å²) >= 11 is 0. The van der Waals surface area contributed by atoms with E-state index in [1.807, 2.05) is 25.1 Å². The van der Waals surface area contributed by atoms with Gasteiger partial charge in [-0.3, -0.25) is 10.1 Å². The van der Waals surface area contributed by atoms with Crippen LogP contribution in [0.25, 0.3) is 0 Å². The van der Waals surface area contributed by atoms with E-state index in [1.54, 1.807) is 0 Å². The van der Waals surface area contributed by atoms with Crippen LogP contribution in [0.2, 0.25) is 0 Å². The standard InChI is InChI=1S/C12H11NO3/c1-7-2-3-9-8(6-7)4-5-12(9)10(14)13-11(15)16-12/h2-3,6H,4-5H2,1H3,(H,13,14,15). The summed E-state index contributed by atoms with van der Waals surface area (Å²) in [6, 6.07) is 5.87. The number of alkyl carbamates (subject to hydrolysis) is 1. The molecule has 1 saturated heterocycles. The SMILES string of the molecule is Cc1ccc2c(c1)CCC21OC(=O)NC1=O. The van der Waals surface area contributed by atoms with Gasteiger partial charge < -0.3 is 4.74 Å². The molecule has 0 radical (unpaired) electrons. The van der Waals surface area contributed by atoms with Crippen molar-refractivity contribution in [1.29, 1.82) is 0 Å². The van der Waals surface area contributed by atoms with Gasteiger partial charge >= 0.3 is 6.09 Å². The van der Waals surface area contributed by atoms with Crippen molar-refractivity contribution >= 4 is 12.0 Å². The molecule has 3 rings (SSSR count). The fraction of sp³-hybridized carbons (Fsp3) is 0.333. The Bertz CT molecular complexity index is 509. The summed E-state index contributed by atoms with van der Waals surface area (Å²) in [7, 11) is 0. The van der Waals surface area contributed by atoms with Gasteiger partial charge in [0.25, 0.3) is 5.91 Å². The molecule has 0 bridgehead atoms. The first-order valence-corrected chi connectivity index (χ1v) is 5.26. The quantitative estimate of drug-likeness (QED) is 0.714. The molecule has 1 unspecified atom stereocenters. The first-order valence-electron chi connectivity index (χ1n) is 5.26. The van der Waals surface area contributed by atoms with Crippen LogP contribution in [0.5, 0.6) is 0 Å². The van der Waals surface area contributed by atoms with Gasteiger partial charge in [0.2, 0.25) is 5.60 Å². The van der Waals surface area contributed by atoms with Gasteiger partial charge in [-0.15, -0.1) is 0 Å². The van der Waals surface area contributed by atoms with E-state index in [0.29, 0.717) is 6.42 Å². The Balaban J connectivity index is 2.15. The van der Waals surface area contributed by atoms with E-state index in [-0.39, 0.29) is 5.91 Å². The lowest BCUT2D eigenvalue weighted by Crippen LogP contribution is -2.34. The summed E-state index contributed by atoms with van der Waals surface area (Å²) in [5.41, 5.74) is 2.03. The van der Waals surface area contributed by atoms with Gasteiger partial charge in [-0.25, -0.2) is 4.79 Å². The van der Waals surface area contributed by atoms with Crippen LogP contribution in [-0.2, 0) is 21.6 Å². The van der Waals surface area contributed by atoms with E-state index >= 15 is 0 Å². The van der Waals surface area contributed by atoms with Gasteiger partial charge in [0.05, 0.1) is 0 Å². The molecule has 1 atom stereocenters. The zero-order valence-electron chi connectivity index (χ0n) is 8.87. The number of carbonyl (C=O) groups excluding carboxylic acids is 2. The summed E-state index contributed by atoms with van der Waals surface area (Å²) in [6.45, 7) is 2.01. The predicted octanol–water partition coefficient (Wildman–Crippen LogP) is 1.40. The lowest BCUT2D eigenvalue weighted by molar-refractivity contribution is -0.131. The van der Waals surface area contributed by atoms with E-state index in [1.165, 1.54) is 0 Å². The van der Waals surface area contributed by atoms with Gasteiger partial charge in [-0.2, -0.15) is 0 Å². The zero-order valence-corrected chi connectivity index (χ0v) is 8.87. The summed E-state index contributed by atoms with van der Waals surface area (Å²) in [6.07, 6.45) is 0.680. The van der Waals surface area contributed by atoms with Crippen molar-refractivity contribution in [3.05, 3.63) is 34.9 Å². The number of imide groups is 1. The summed E-state index contributed by atoms with van der Waals surface area (Å²) in [4.78, 5) is 22.9. The van der Waals surface area contributed by atoms with Crippen molar-refractivity contribution in [1.82, 2.24) is 5.32 Å². The maximum Gasteiger partial charge on any atom is 0.415 e. The second-order valence-corrected chi connectivity index (χ2v) is 4.33. The lowest BCUT2D eigenvalue weighted by Gasteiger charge is -2.19. The number of hydrogen-bond donors (Lipinski definition) is 1. The smallest absolute Gasteiger partial charge is 0.415 e. The molecule has 4 heteroatoms. The molecule has 1 aliphatic heterocycles. The molecule has 1 aromatic carbocycles. The number of carbonyl (C=O) groups is 2. The summed E-state index contributed by atoms with van der Waals surface area (Å²) in [5.74, 6) is -0.333. The van der Waals surface area contributed by atoms with Crippen molar-refractivity contribution < 1.29 is 14.3 Å². The average Bonchev–Trinajstić information content (AvgIpc) is 2.70. The monoisotopic (exact) mass is 217 g/mol. The van der Waals surface area contributed by atoms with Crippen molar-refractivity contribution in [3.63, 3.8) is 0 Å². The maximum atomic E-state index is 11.8. The van der Waals surface area contributed by atoms with Crippen molar-refractivity contribution in [3.8, 4) is 0 Å². The number of nitrogens with one attached hydrogen (secondary N) is 1. The summed E-state index contributed by atoms with van der Waals surface area (Å²) < 4.78 is 5.19. The van der Waals surface area contributed by atoms with Crippen LogP contribution in [0.15, 0.2) is 18.2 Å². The Hall–Kier alpha value is -1.84. The number of hydrogen-bond acceptors (Lipinski definition) is 3. The van der Waals surface area contributed by atoms with Crippen LogP contribution in [0.3, 0.4) is 0 Å². The van der Waals surface area contributed by atoms with Gasteiger partial charge in [-0.1, -0.05) is 23.8 Å². The molecular weight excluding hydrogens is 206 g/mol. The fourth-order valence-corrected chi connectivity index (χ4v) is 2.53. The molecule has 1 fully saturated rings. The maximum absolute atomic E-state index is 11.8. The number of fused-ring (bicyclic) bond motifs is 2. The second kappa shape index (κ2) is 2.84. The minimum absolute atomic E-state index is 0.333. The van der Waals surface area contributed by atoms with Crippen LogP contribution in [0.1, 0.15) is 23.1 Å². The van der Waals surface area contributed by atoms with Gasteiger partial charge in [0.1, 0.15) is 0 Å². The van der Waals surface area contributed by atoms with Crippen LogP contribution in [-0.4, -0.2) is 12.0 Å². The number of benzene rings is 1. The highest BCUT2D eigenvalue weighted by Gasteiger charge is 2.53. The van der Waals surface area contributed by atoms with Crippen LogP contribution in [0.4, 0.5) is 4.79 Å². The molecule has 1 spiro atoms. The van der Waals surface area contributed by atoms with E-state index in [2.05, 4.69) is 5.32 Å². The highest BCUT2D eigenvalue weighted by Crippen LogP contribution is 2.42. The van der Waals surface area contributed by atoms with E-state index in [4.69, 9.17) is 4.74 Å². The van der Waals surface area contributed by atoms with Gasteiger partial charge in [0, 0.05) is 12.0 Å². The van der Waals surface area contributed by atoms with Crippen molar-refractivity contribution in [2.75, 3.05) is 0 Å². The molecular formula is C12H11NO3. The third-order valence-electron chi connectivity index (χ3n) is 3.29. The molecule has 16 heavy (non-hydrogen) atoms. The zero-order chi connectivity index (χ0) is 11.3. The largest absolute Gasteiger partial charge is 0.427 e. The number of amides is 2. The lowest BCUT2D eigenvalue weighted by atomic mass is 9.95. The molecule has 2 amide bonds. The first kappa shape index (κ1) is 9.39. The Morgan fingerprint density at radius 1 is 1.38 bits per heavy atom.